The van der Waals surface area contributed by atoms with E-state index in [2.05, 4.69) is 12.2 Å². The molecule has 1 amide bonds. The second-order valence-electron chi connectivity index (χ2n) is 5.14. The van der Waals surface area contributed by atoms with Gasteiger partial charge in [0.05, 0.1) is 11.8 Å². The number of thioether (sulfide) groups is 1. The van der Waals surface area contributed by atoms with E-state index in [1.54, 1.807) is 11.8 Å². The van der Waals surface area contributed by atoms with Crippen LogP contribution in [0.5, 0.6) is 0 Å². The predicted octanol–water partition coefficient (Wildman–Crippen LogP) is 1.99. The molecule has 0 bridgehead atoms. The standard InChI is InChI=1S/C13H23NO3S/c1-9(8-18-2)7-14-12(15)10-5-3-4-6-11(10)13(16)17/h9-11H,3-8H2,1-2H3,(H,14,15)(H,16,17)/t9?,10-,11+/m1/s1. The minimum Gasteiger partial charge on any atom is -0.481 e. The van der Waals surface area contributed by atoms with Gasteiger partial charge in [-0.1, -0.05) is 19.8 Å². The summed E-state index contributed by atoms with van der Waals surface area (Å²) in [6.07, 6.45) is 5.26. The summed E-state index contributed by atoms with van der Waals surface area (Å²) in [5, 5.41) is 12.0. The number of aliphatic carboxylic acids is 1. The molecule has 4 nitrogen and oxygen atoms in total. The van der Waals surface area contributed by atoms with Crippen LogP contribution in [0.2, 0.25) is 0 Å². The molecule has 1 unspecified atom stereocenters. The fourth-order valence-corrected chi connectivity index (χ4v) is 3.18. The molecule has 0 aliphatic heterocycles. The summed E-state index contributed by atoms with van der Waals surface area (Å²) in [7, 11) is 0. The maximum atomic E-state index is 12.0. The van der Waals surface area contributed by atoms with E-state index in [4.69, 9.17) is 5.11 Å². The van der Waals surface area contributed by atoms with Crippen LogP contribution in [0.15, 0.2) is 0 Å². The highest BCUT2D eigenvalue weighted by molar-refractivity contribution is 7.98. The molecule has 0 aromatic carbocycles. The van der Waals surface area contributed by atoms with Crippen molar-refractivity contribution >= 4 is 23.6 Å². The highest BCUT2D eigenvalue weighted by Gasteiger charge is 2.35. The zero-order valence-electron chi connectivity index (χ0n) is 11.1. The second kappa shape index (κ2) is 7.67. The van der Waals surface area contributed by atoms with Crippen LogP contribution in [0.25, 0.3) is 0 Å². The van der Waals surface area contributed by atoms with E-state index in [9.17, 15) is 9.59 Å². The monoisotopic (exact) mass is 273 g/mol. The van der Waals surface area contributed by atoms with E-state index in [-0.39, 0.29) is 11.8 Å². The Labute approximate surface area is 113 Å². The maximum Gasteiger partial charge on any atom is 0.307 e. The number of hydrogen-bond donors (Lipinski definition) is 2. The van der Waals surface area contributed by atoms with Crippen molar-refractivity contribution in [2.75, 3.05) is 18.6 Å². The molecule has 1 rings (SSSR count). The fourth-order valence-electron chi connectivity index (χ4n) is 2.49. The minimum atomic E-state index is -0.827. The quantitative estimate of drug-likeness (QED) is 0.776. The number of hydrogen-bond acceptors (Lipinski definition) is 3. The molecule has 1 aliphatic rings. The topological polar surface area (TPSA) is 66.4 Å². The van der Waals surface area contributed by atoms with Gasteiger partial charge in [0.15, 0.2) is 0 Å². The average Bonchev–Trinajstić information content (AvgIpc) is 2.36. The molecular formula is C13H23NO3S. The largest absolute Gasteiger partial charge is 0.481 e. The molecule has 0 saturated heterocycles. The zero-order valence-corrected chi connectivity index (χ0v) is 12.0. The summed E-state index contributed by atoms with van der Waals surface area (Å²) < 4.78 is 0. The van der Waals surface area contributed by atoms with Crippen LogP contribution in [0.4, 0.5) is 0 Å². The molecule has 3 atom stereocenters. The summed E-state index contributed by atoms with van der Waals surface area (Å²) in [4.78, 5) is 23.2. The van der Waals surface area contributed by atoms with Gasteiger partial charge in [-0.05, 0) is 30.8 Å². The van der Waals surface area contributed by atoms with E-state index in [1.807, 2.05) is 6.26 Å². The van der Waals surface area contributed by atoms with Crippen LogP contribution in [0.1, 0.15) is 32.6 Å². The lowest BCUT2D eigenvalue weighted by Crippen LogP contribution is -2.41. The van der Waals surface area contributed by atoms with Crippen LogP contribution in [0.3, 0.4) is 0 Å². The summed E-state index contributed by atoms with van der Waals surface area (Å²) >= 11 is 1.76. The van der Waals surface area contributed by atoms with Gasteiger partial charge in [0, 0.05) is 6.54 Å². The van der Waals surface area contributed by atoms with Crippen molar-refractivity contribution in [3.05, 3.63) is 0 Å². The fraction of sp³-hybridized carbons (Fsp3) is 0.846. The van der Waals surface area contributed by atoms with Gasteiger partial charge >= 0.3 is 5.97 Å². The number of nitrogens with one attached hydrogen (secondary N) is 1. The van der Waals surface area contributed by atoms with Crippen LogP contribution in [-0.2, 0) is 9.59 Å². The van der Waals surface area contributed by atoms with Gasteiger partial charge in [-0.2, -0.15) is 11.8 Å². The first-order valence-electron chi connectivity index (χ1n) is 6.55. The van der Waals surface area contributed by atoms with Gasteiger partial charge in [0.1, 0.15) is 0 Å². The van der Waals surface area contributed by atoms with E-state index in [0.29, 0.717) is 25.3 Å². The maximum absolute atomic E-state index is 12.0. The van der Waals surface area contributed by atoms with E-state index in [0.717, 1.165) is 18.6 Å². The van der Waals surface area contributed by atoms with E-state index >= 15 is 0 Å². The number of carboxylic acid groups (broad SMARTS) is 1. The van der Waals surface area contributed by atoms with Crippen LogP contribution in [0, 0.1) is 17.8 Å². The lowest BCUT2D eigenvalue weighted by Gasteiger charge is -2.27. The van der Waals surface area contributed by atoms with Crippen molar-refractivity contribution in [1.29, 1.82) is 0 Å². The van der Waals surface area contributed by atoms with Crippen molar-refractivity contribution in [1.82, 2.24) is 5.32 Å². The predicted molar refractivity (Wildman–Crippen MR) is 73.6 cm³/mol. The number of carboxylic acids is 1. The van der Waals surface area contributed by atoms with Crippen LogP contribution in [-0.4, -0.2) is 35.5 Å². The third-order valence-corrected chi connectivity index (χ3v) is 4.40. The second-order valence-corrected chi connectivity index (χ2v) is 6.05. The Morgan fingerprint density at radius 1 is 1.33 bits per heavy atom. The van der Waals surface area contributed by atoms with Crippen molar-refractivity contribution < 1.29 is 14.7 Å². The number of carbonyl (C=O) groups is 2. The first kappa shape index (κ1) is 15.3. The molecule has 1 saturated carbocycles. The molecule has 104 valence electrons. The van der Waals surface area contributed by atoms with Gasteiger partial charge in [0.25, 0.3) is 0 Å². The van der Waals surface area contributed by atoms with Crippen LogP contribution >= 0.6 is 11.8 Å². The van der Waals surface area contributed by atoms with Crippen molar-refractivity contribution in [3.63, 3.8) is 0 Å². The Hall–Kier alpha value is -0.710. The Morgan fingerprint density at radius 2 is 1.94 bits per heavy atom. The third kappa shape index (κ3) is 4.52. The molecule has 5 heteroatoms. The Balaban J connectivity index is 2.45. The summed E-state index contributed by atoms with van der Waals surface area (Å²) in [6, 6.07) is 0. The molecule has 0 heterocycles. The molecule has 0 aromatic rings. The minimum absolute atomic E-state index is 0.0740. The van der Waals surface area contributed by atoms with E-state index < -0.39 is 11.9 Å². The molecule has 0 spiro atoms. The van der Waals surface area contributed by atoms with Gasteiger partial charge in [0.2, 0.25) is 5.91 Å². The third-order valence-electron chi connectivity index (χ3n) is 3.50. The van der Waals surface area contributed by atoms with Crippen molar-refractivity contribution in [3.8, 4) is 0 Å². The molecule has 2 N–H and O–H groups in total. The van der Waals surface area contributed by atoms with Gasteiger partial charge < -0.3 is 10.4 Å². The molecule has 1 fully saturated rings. The highest BCUT2D eigenvalue weighted by Crippen LogP contribution is 2.30. The Morgan fingerprint density at radius 3 is 2.50 bits per heavy atom. The first-order chi connectivity index (χ1) is 8.56. The Kier molecular flexibility index (Phi) is 6.54. The lowest BCUT2D eigenvalue weighted by molar-refractivity contribution is -0.148. The molecule has 18 heavy (non-hydrogen) atoms. The molecule has 0 radical (unpaired) electrons. The average molecular weight is 273 g/mol. The molecule has 0 aromatic heterocycles. The smallest absolute Gasteiger partial charge is 0.307 e. The van der Waals surface area contributed by atoms with Crippen molar-refractivity contribution in [2.45, 2.75) is 32.6 Å². The lowest BCUT2D eigenvalue weighted by atomic mass is 9.78. The SMILES string of the molecule is CSCC(C)CNC(=O)[C@@H]1CCCC[C@@H]1C(=O)O. The summed E-state index contributed by atoms with van der Waals surface area (Å²) in [5.41, 5.74) is 0. The van der Waals surface area contributed by atoms with E-state index in [1.165, 1.54) is 0 Å². The summed E-state index contributed by atoms with van der Waals surface area (Å²) in [5.74, 6) is -0.293. The van der Waals surface area contributed by atoms with Gasteiger partial charge in [-0.25, -0.2) is 0 Å². The zero-order chi connectivity index (χ0) is 13.5. The number of amides is 1. The molecular weight excluding hydrogens is 250 g/mol. The van der Waals surface area contributed by atoms with Crippen molar-refractivity contribution in [2.24, 2.45) is 17.8 Å². The normalized spacial score (nSPS) is 25.4. The van der Waals surface area contributed by atoms with Crippen LogP contribution < -0.4 is 5.32 Å². The van der Waals surface area contributed by atoms with Gasteiger partial charge in [-0.15, -0.1) is 0 Å². The van der Waals surface area contributed by atoms with Gasteiger partial charge in [-0.3, -0.25) is 9.59 Å². The number of rotatable bonds is 6. The molecule has 1 aliphatic carbocycles. The Bertz CT molecular complexity index is 296. The number of carbonyl (C=O) groups excluding carboxylic acids is 1. The summed E-state index contributed by atoms with van der Waals surface area (Å²) in [6.45, 7) is 2.73. The first-order valence-corrected chi connectivity index (χ1v) is 7.95. The highest BCUT2D eigenvalue weighted by atomic mass is 32.2.